The largest absolute Gasteiger partial charge is 0.383 e. The monoisotopic (exact) mass is 306 g/mol. The van der Waals surface area contributed by atoms with Crippen molar-refractivity contribution in [1.29, 1.82) is 0 Å². The van der Waals surface area contributed by atoms with Crippen LogP contribution < -0.4 is 5.32 Å². The van der Waals surface area contributed by atoms with Gasteiger partial charge in [0.15, 0.2) is 0 Å². The molecule has 1 rings (SSSR count). The predicted octanol–water partition coefficient (Wildman–Crippen LogP) is 2.33. The summed E-state index contributed by atoms with van der Waals surface area (Å²) in [6.07, 6.45) is 1.87. The zero-order chi connectivity index (χ0) is 16.4. The molecule has 0 aliphatic rings. The summed E-state index contributed by atoms with van der Waals surface area (Å²) in [5.74, 6) is -0.134. The summed E-state index contributed by atoms with van der Waals surface area (Å²) in [5.41, 5.74) is 1.17. The van der Waals surface area contributed by atoms with E-state index in [9.17, 15) is 9.59 Å². The van der Waals surface area contributed by atoms with Gasteiger partial charge in [-0.2, -0.15) is 0 Å². The van der Waals surface area contributed by atoms with Gasteiger partial charge in [0.2, 0.25) is 0 Å². The van der Waals surface area contributed by atoms with E-state index >= 15 is 0 Å². The Morgan fingerprint density at radius 1 is 1.05 bits per heavy atom. The highest BCUT2D eigenvalue weighted by molar-refractivity contribution is 5.97. The molecule has 5 nitrogen and oxygen atoms in total. The van der Waals surface area contributed by atoms with Crippen molar-refractivity contribution >= 4 is 11.8 Å². The molecule has 122 valence electrons. The molecule has 0 saturated heterocycles. The zero-order valence-electron chi connectivity index (χ0n) is 13.7. The third-order valence-electron chi connectivity index (χ3n) is 3.26. The lowest BCUT2D eigenvalue weighted by Gasteiger charge is -2.21. The number of ether oxygens (including phenoxy) is 1. The predicted molar refractivity (Wildman–Crippen MR) is 87.1 cm³/mol. The SMILES string of the molecule is CCCN(CCC)C(=O)c1ccc(C(=O)NCCOC)cc1. The summed E-state index contributed by atoms with van der Waals surface area (Å²) in [6.45, 7) is 6.58. The number of carbonyl (C=O) groups is 2. The van der Waals surface area contributed by atoms with Gasteiger partial charge < -0.3 is 15.0 Å². The van der Waals surface area contributed by atoms with E-state index in [2.05, 4.69) is 19.2 Å². The van der Waals surface area contributed by atoms with Crippen molar-refractivity contribution in [3.8, 4) is 0 Å². The number of hydrogen-bond acceptors (Lipinski definition) is 3. The Labute approximate surface area is 132 Å². The molecule has 0 unspecified atom stereocenters. The quantitative estimate of drug-likeness (QED) is 0.712. The molecule has 0 aliphatic heterocycles. The first-order valence-corrected chi connectivity index (χ1v) is 7.80. The summed E-state index contributed by atoms with van der Waals surface area (Å²) in [7, 11) is 1.59. The minimum Gasteiger partial charge on any atom is -0.383 e. The number of benzene rings is 1. The van der Waals surface area contributed by atoms with E-state index in [-0.39, 0.29) is 11.8 Å². The molecule has 1 aromatic rings. The third-order valence-corrected chi connectivity index (χ3v) is 3.26. The van der Waals surface area contributed by atoms with Crippen molar-refractivity contribution in [3.05, 3.63) is 35.4 Å². The Balaban J connectivity index is 2.70. The van der Waals surface area contributed by atoms with Crippen molar-refractivity contribution in [2.24, 2.45) is 0 Å². The van der Waals surface area contributed by atoms with Crippen LogP contribution in [-0.2, 0) is 4.74 Å². The molecule has 0 saturated carbocycles. The van der Waals surface area contributed by atoms with Gasteiger partial charge in [-0.25, -0.2) is 0 Å². The maximum Gasteiger partial charge on any atom is 0.253 e. The Morgan fingerprint density at radius 2 is 1.59 bits per heavy atom. The molecule has 5 heteroatoms. The zero-order valence-corrected chi connectivity index (χ0v) is 13.7. The Kier molecular flexibility index (Phi) is 8.22. The highest BCUT2D eigenvalue weighted by atomic mass is 16.5. The normalized spacial score (nSPS) is 10.3. The summed E-state index contributed by atoms with van der Waals surface area (Å²) in [5, 5.41) is 2.75. The first-order valence-electron chi connectivity index (χ1n) is 7.80. The molecule has 0 fully saturated rings. The van der Waals surface area contributed by atoms with Crippen LogP contribution in [0.2, 0.25) is 0 Å². The van der Waals surface area contributed by atoms with Gasteiger partial charge in [0.05, 0.1) is 6.61 Å². The number of nitrogens with zero attached hydrogens (tertiary/aromatic N) is 1. The fourth-order valence-corrected chi connectivity index (χ4v) is 2.17. The van der Waals surface area contributed by atoms with Crippen LogP contribution >= 0.6 is 0 Å². The van der Waals surface area contributed by atoms with Gasteiger partial charge >= 0.3 is 0 Å². The molecule has 0 radical (unpaired) electrons. The maximum absolute atomic E-state index is 12.4. The van der Waals surface area contributed by atoms with Gasteiger partial charge in [-0.15, -0.1) is 0 Å². The first kappa shape index (κ1) is 18.2. The van der Waals surface area contributed by atoms with Crippen molar-refractivity contribution < 1.29 is 14.3 Å². The molecule has 0 heterocycles. The first-order chi connectivity index (χ1) is 10.6. The van der Waals surface area contributed by atoms with Gasteiger partial charge in [-0.3, -0.25) is 9.59 Å². The lowest BCUT2D eigenvalue weighted by Crippen LogP contribution is -2.32. The Hall–Kier alpha value is -1.88. The lowest BCUT2D eigenvalue weighted by atomic mass is 10.1. The van der Waals surface area contributed by atoms with E-state index in [0.717, 1.165) is 25.9 Å². The molecular formula is C17H26N2O3. The number of carbonyl (C=O) groups excluding carboxylic acids is 2. The smallest absolute Gasteiger partial charge is 0.253 e. The molecule has 2 amide bonds. The standard InChI is InChI=1S/C17H26N2O3/c1-4-11-19(12-5-2)17(21)15-8-6-14(7-9-15)16(20)18-10-13-22-3/h6-9H,4-5,10-13H2,1-3H3,(H,18,20). The van der Waals surface area contributed by atoms with Gasteiger partial charge in [0, 0.05) is 37.9 Å². The Bertz CT molecular complexity index is 465. The van der Waals surface area contributed by atoms with E-state index in [1.165, 1.54) is 0 Å². The van der Waals surface area contributed by atoms with Crippen LogP contribution in [0.4, 0.5) is 0 Å². The summed E-state index contributed by atoms with van der Waals surface area (Å²) in [6, 6.07) is 6.80. The topological polar surface area (TPSA) is 58.6 Å². The summed E-state index contributed by atoms with van der Waals surface area (Å²) < 4.78 is 4.89. The minimum absolute atomic E-state index is 0.0232. The van der Waals surface area contributed by atoms with Crippen LogP contribution in [-0.4, -0.2) is 50.1 Å². The number of methoxy groups -OCH3 is 1. The highest BCUT2D eigenvalue weighted by Gasteiger charge is 2.14. The van der Waals surface area contributed by atoms with E-state index in [4.69, 9.17) is 4.74 Å². The molecule has 0 bridgehead atoms. The number of nitrogens with one attached hydrogen (secondary N) is 1. The second-order valence-electron chi connectivity index (χ2n) is 5.12. The molecule has 0 aromatic heterocycles. The summed E-state index contributed by atoms with van der Waals surface area (Å²) in [4.78, 5) is 26.2. The number of hydrogen-bond donors (Lipinski definition) is 1. The Morgan fingerprint density at radius 3 is 2.09 bits per heavy atom. The van der Waals surface area contributed by atoms with Crippen LogP contribution in [0.25, 0.3) is 0 Å². The fraction of sp³-hybridized carbons (Fsp3) is 0.529. The van der Waals surface area contributed by atoms with Crippen molar-refractivity contribution in [3.63, 3.8) is 0 Å². The van der Waals surface area contributed by atoms with Crippen molar-refractivity contribution in [2.75, 3.05) is 33.4 Å². The molecule has 22 heavy (non-hydrogen) atoms. The fourth-order valence-electron chi connectivity index (χ4n) is 2.17. The molecule has 1 N–H and O–H groups in total. The average molecular weight is 306 g/mol. The number of amides is 2. The van der Waals surface area contributed by atoms with E-state index < -0.39 is 0 Å². The molecule has 1 aromatic carbocycles. The van der Waals surface area contributed by atoms with Gasteiger partial charge in [0.1, 0.15) is 0 Å². The second kappa shape index (κ2) is 9.95. The van der Waals surface area contributed by atoms with Crippen LogP contribution in [0, 0.1) is 0 Å². The van der Waals surface area contributed by atoms with E-state index in [1.54, 1.807) is 31.4 Å². The van der Waals surface area contributed by atoms with Crippen LogP contribution in [0.3, 0.4) is 0 Å². The highest BCUT2D eigenvalue weighted by Crippen LogP contribution is 2.09. The van der Waals surface area contributed by atoms with Gasteiger partial charge in [0.25, 0.3) is 11.8 Å². The van der Waals surface area contributed by atoms with Crippen LogP contribution in [0.15, 0.2) is 24.3 Å². The van der Waals surface area contributed by atoms with Crippen molar-refractivity contribution in [1.82, 2.24) is 10.2 Å². The minimum atomic E-state index is -0.157. The van der Waals surface area contributed by atoms with Crippen LogP contribution in [0.5, 0.6) is 0 Å². The second-order valence-corrected chi connectivity index (χ2v) is 5.12. The average Bonchev–Trinajstić information content (AvgIpc) is 2.54. The number of rotatable bonds is 9. The third kappa shape index (κ3) is 5.48. The molecule has 0 atom stereocenters. The van der Waals surface area contributed by atoms with E-state index in [0.29, 0.717) is 24.3 Å². The van der Waals surface area contributed by atoms with Crippen LogP contribution in [0.1, 0.15) is 47.4 Å². The lowest BCUT2D eigenvalue weighted by molar-refractivity contribution is 0.0755. The summed E-state index contributed by atoms with van der Waals surface area (Å²) >= 11 is 0. The molecular weight excluding hydrogens is 280 g/mol. The van der Waals surface area contributed by atoms with Crippen molar-refractivity contribution in [2.45, 2.75) is 26.7 Å². The molecule has 0 aliphatic carbocycles. The van der Waals surface area contributed by atoms with Gasteiger partial charge in [-0.1, -0.05) is 13.8 Å². The maximum atomic E-state index is 12.4. The van der Waals surface area contributed by atoms with E-state index in [1.807, 2.05) is 4.90 Å². The molecule has 0 spiro atoms. The van der Waals surface area contributed by atoms with Gasteiger partial charge in [-0.05, 0) is 37.1 Å².